The molecule has 0 spiro atoms. The highest BCUT2D eigenvalue weighted by molar-refractivity contribution is 6.46. The fraction of sp³-hybridized carbons (Fsp3) is 0.143. The summed E-state index contributed by atoms with van der Waals surface area (Å²) in [4.78, 5) is 78.2. The molecule has 0 aliphatic heterocycles. The number of hydrogen-bond acceptors (Lipinski definition) is 10. The molecule has 4 N–H and O–H groups in total. The lowest BCUT2D eigenvalue weighted by molar-refractivity contribution is -0.127. The predicted octanol–water partition coefficient (Wildman–Crippen LogP) is 13.4. The number of rotatable bonds is 14. The Labute approximate surface area is 405 Å². The molecule has 0 radical (unpaired) electrons. The number of nitrogens with one attached hydrogen (secondary N) is 4. The Morgan fingerprint density at radius 2 is 0.812 bits per heavy atom. The van der Waals surface area contributed by atoms with Gasteiger partial charge in [-0.3, -0.25) is 28.8 Å². The largest absolute Gasteiger partial charge is 0.324 e. The smallest absolute Gasteiger partial charge is 0.258 e. The quantitative estimate of drug-likeness (QED) is 0.0484. The van der Waals surface area contributed by atoms with Gasteiger partial charge in [0, 0.05) is 21.4 Å². The van der Waals surface area contributed by atoms with E-state index in [9.17, 15) is 28.8 Å². The Morgan fingerprint density at radius 3 is 1.16 bits per heavy atom. The first kappa shape index (κ1) is 49.8. The molecule has 5 rings (SSSR count). The van der Waals surface area contributed by atoms with E-state index in [1.165, 1.54) is 72.8 Å². The lowest BCUT2D eigenvalue weighted by Gasteiger charge is -2.17. The molecular formula is C42H30Cl8N8O6. The summed E-state index contributed by atoms with van der Waals surface area (Å²) in [5.41, 5.74) is 1.92. The summed E-state index contributed by atoms with van der Waals surface area (Å²) in [5, 5.41) is 27.3. The summed E-state index contributed by atoms with van der Waals surface area (Å²) in [5.74, 6) is -4.30. The second-order valence-electron chi connectivity index (χ2n) is 13.6. The number of benzene rings is 5. The molecule has 2 atom stereocenters. The highest BCUT2D eigenvalue weighted by Crippen LogP contribution is 2.36. The maximum Gasteiger partial charge on any atom is 0.258 e. The summed E-state index contributed by atoms with van der Waals surface area (Å²) in [6.07, 6.45) is 0. The highest BCUT2D eigenvalue weighted by atomic mass is 35.5. The molecule has 64 heavy (non-hydrogen) atoms. The van der Waals surface area contributed by atoms with Crippen molar-refractivity contribution in [1.82, 2.24) is 0 Å². The molecule has 5 aromatic rings. The average Bonchev–Trinajstić information content (AvgIpc) is 3.22. The van der Waals surface area contributed by atoms with E-state index in [4.69, 9.17) is 92.8 Å². The number of carbonyl (C=O) groups excluding carboxylic acids is 6. The third-order valence-electron chi connectivity index (χ3n) is 9.02. The SMILES string of the molecule is CC(=O)C(N=Nc1ccc(Cl)c(C(=O)Nc2cc(Cl)cc(Cl)c2Cl)c1)C(=O)Nc1ccc(NC(=O)C(N=Nc2ccc(Cl)c(C(=O)Nc3cc(Cl)cc(Cl)c3Cl)c2)C(C)=O)c(C)c1C. The third-order valence-corrected chi connectivity index (χ3v) is 11.7. The average molecular weight is 1030 g/mol. The minimum atomic E-state index is -1.60. The Hall–Kier alpha value is -5.16. The van der Waals surface area contributed by atoms with Crippen molar-refractivity contribution in [3.8, 4) is 0 Å². The van der Waals surface area contributed by atoms with Gasteiger partial charge in [-0.1, -0.05) is 92.8 Å². The highest BCUT2D eigenvalue weighted by Gasteiger charge is 2.27. The normalized spacial score (nSPS) is 12.2. The summed E-state index contributed by atoms with van der Waals surface area (Å²) in [6, 6.07) is 13.5. The molecular weight excluding hydrogens is 996 g/mol. The molecule has 22 heteroatoms. The van der Waals surface area contributed by atoms with Crippen molar-refractivity contribution in [2.45, 2.75) is 39.8 Å². The van der Waals surface area contributed by atoms with Crippen molar-refractivity contribution in [1.29, 1.82) is 0 Å². The number of ketones is 2. The second kappa shape index (κ2) is 21.7. The first-order valence-electron chi connectivity index (χ1n) is 18.2. The van der Waals surface area contributed by atoms with Crippen LogP contribution >= 0.6 is 92.8 Å². The number of azo groups is 2. The number of carbonyl (C=O) groups is 6. The van der Waals surface area contributed by atoms with Gasteiger partial charge in [0.2, 0.25) is 12.1 Å². The Morgan fingerprint density at radius 1 is 0.453 bits per heavy atom. The molecule has 14 nitrogen and oxygen atoms in total. The third kappa shape index (κ3) is 12.3. The van der Waals surface area contributed by atoms with Gasteiger partial charge < -0.3 is 21.3 Å². The van der Waals surface area contributed by atoms with Crippen molar-refractivity contribution in [2.24, 2.45) is 20.5 Å². The van der Waals surface area contributed by atoms with E-state index in [0.717, 1.165) is 13.8 Å². The van der Waals surface area contributed by atoms with Crippen LogP contribution in [-0.2, 0) is 19.2 Å². The van der Waals surface area contributed by atoms with Gasteiger partial charge in [0.1, 0.15) is 0 Å². The van der Waals surface area contributed by atoms with Gasteiger partial charge >= 0.3 is 0 Å². The molecule has 0 bridgehead atoms. The zero-order valence-electron chi connectivity index (χ0n) is 33.3. The van der Waals surface area contributed by atoms with Crippen LogP contribution in [0, 0.1) is 13.8 Å². The lowest BCUT2D eigenvalue weighted by Crippen LogP contribution is -2.33. The van der Waals surface area contributed by atoms with E-state index in [2.05, 4.69) is 41.7 Å². The maximum atomic E-state index is 13.4. The Kier molecular flexibility index (Phi) is 16.9. The van der Waals surface area contributed by atoms with Crippen LogP contribution < -0.4 is 21.3 Å². The zero-order valence-corrected chi connectivity index (χ0v) is 39.4. The van der Waals surface area contributed by atoms with Crippen molar-refractivity contribution >= 4 is 162 Å². The number of anilines is 4. The monoisotopic (exact) mass is 1020 g/mol. The van der Waals surface area contributed by atoms with Crippen LogP contribution in [0.25, 0.3) is 0 Å². The molecule has 0 fully saturated rings. The van der Waals surface area contributed by atoms with E-state index >= 15 is 0 Å². The number of nitrogens with zero attached hydrogens (tertiary/aromatic N) is 4. The minimum Gasteiger partial charge on any atom is -0.324 e. The van der Waals surface area contributed by atoms with Crippen molar-refractivity contribution in [3.05, 3.63) is 135 Å². The molecule has 4 amide bonds. The van der Waals surface area contributed by atoms with Gasteiger partial charge in [0.25, 0.3) is 23.6 Å². The summed E-state index contributed by atoms with van der Waals surface area (Å²) in [7, 11) is 0. The standard InChI is InChI=1S/C42H30Cl8N8O6/c1-17-18(2)32(52-42(64)38(20(4)60)58-56-24-6-8-28(46)26(16-24)40(62)54-34-14-22(44)12-30(48)36(34)50)10-9-31(17)51-41(63)37(19(3)59)57-55-23-5-7-27(45)25(15-23)39(61)53-33-13-21(43)11-29(47)35(33)49/h5-16,37-38H,1-4H3,(H,51,63)(H,52,64)(H,53,61)(H,54,62). The lowest BCUT2D eigenvalue weighted by atomic mass is 10.0. The molecule has 2 unspecified atom stereocenters. The van der Waals surface area contributed by atoms with Crippen LogP contribution in [0.5, 0.6) is 0 Å². The van der Waals surface area contributed by atoms with E-state index < -0.39 is 47.3 Å². The van der Waals surface area contributed by atoms with Crippen LogP contribution in [-0.4, -0.2) is 47.3 Å². The van der Waals surface area contributed by atoms with Crippen molar-refractivity contribution < 1.29 is 28.8 Å². The fourth-order valence-corrected chi connectivity index (χ4v) is 7.26. The molecule has 0 heterocycles. The van der Waals surface area contributed by atoms with Crippen LogP contribution in [0.1, 0.15) is 45.7 Å². The molecule has 0 aromatic heterocycles. The van der Waals surface area contributed by atoms with Gasteiger partial charge in [0.05, 0.1) is 64.0 Å². The van der Waals surface area contributed by atoms with Gasteiger partial charge in [-0.2, -0.15) is 20.5 Å². The minimum absolute atomic E-state index is 0.0319. The van der Waals surface area contributed by atoms with Crippen molar-refractivity contribution in [3.63, 3.8) is 0 Å². The van der Waals surface area contributed by atoms with Crippen LogP contribution in [0.2, 0.25) is 40.2 Å². The second-order valence-corrected chi connectivity index (χ2v) is 16.8. The van der Waals surface area contributed by atoms with E-state index in [1.54, 1.807) is 13.8 Å². The summed E-state index contributed by atoms with van der Waals surface area (Å²) >= 11 is 49.2. The van der Waals surface area contributed by atoms with Gasteiger partial charge in [-0.25, -0.2) is 0 Å². The van der Waals surface area contributed by atoms with E-state index in [-0.39, 0.29) is 85.4 Å². The van der Waals surface area contributed by atoms with Gasteiger partial charge in [-0.05, 0) is 112 Å². The molecule has 5 aromatic carbocycles. The molecule has 0 saturated heterocycles. The van der Waals surface area contributed by atoms with E-state index in [0.29, 0.717) is 11.1 Å². The summed E-state index contributed by atoms with van der Waals surface area (Å²) in [6.45, 7) is 5.62. The summed E-state index contributed by atoms with van der Waals surface area (Å²) < 4.78 is 0. The van der Waals surface area contributed by atoms with Crippen molar-refractivity contribution in [2.75, 3.05) is 21.3 Å². The number of amides is 4. The first-order valence-corrected chi connectivity index (χ1v) is 21.2. The number of halogens is 8. The number of Topliss-reactive ketones (excluding diaryl/α,β-unsaturated/α-hetero) is 2. The molecule has 330 valence electrons. The Balaban J connectivity index is 1.27. The number of hydrogen-bond donors (Lipinski definition) is 4. The van der Waals surface area contributed by atoms with Gasteiger partial charge in [0.15, 0.2) is 11.6 Å². The molecule has 0 aliphatic rings. The zero-order chi connectivity index (χ0) is 47.2. The van der Waals surface area contributed by atoms with Crippen LogP contribution in [0.3, 0.4) is 0 Å². The molecule has 0 saturated carbocycles. The Bertz CT molecular complexity index is 2630. The first-order chi connectivity index (χ1) is 30.1. The van der Waals surface area contributed by atoms with Gasteiger partial charge in [-0.15, -0.1) is 0 Å². The predicted molar refractivity (Wildman–Crippen MR) is 253 cm³/mol. The molecule has 0 aliphatic carbocycles. The topological polar surface area (TPSA) is 200 Å². The van der Waals surface area contributed by atoms with Crippen LogP contribution in [0.4, 0.5) is 34.1 Å². The maximum absolute atomic E-state index is 13.4. The van der Waals surface area contributed by atoms with Crippen LogP contribution in [0.15, 0.2) is 93.3 Å². The fourth-order valence-electron chi connectivity index (χ4n) is 5.55. The van der Waals surface area contributed by atoms with E-state index in [1.807, 2.05) is 0 Å².